The highest BCUT2D eigenvalue weighted by molar-refractivity contribution is 7.22. The molecular weight excluding hydrogens is 446 g/mol. The molecule has 0 N–H and O–H groups in total. The monoisotopic (exact) mass is 475 g/mol. The number of morpholine rings is 1. The van der Waals surface area contributed by atoms with Crippen molar-refractivity contribution in [3.8, 4) is 5.75 Å². The van der Waals surface area contributed by atoms with Gasteiger partial charge in [-0.1, -0.05) is 41.7 Å². The molecule has 5 rings (SSSR count). The minimum atomic E-state index is -0.0932. The second-order valence-corrected chi connectivity index (χ2v) is 9.71. The van der Waals surface area contributed by atoms with Crippen LogP contribution in [0.2, 0.25) is 0 Å². The summed E-state index contributed by atoms with van der Waals surface area (Å²) in [7, 11) is 1.61. The summed E-state index contributed by atoms with van der Waals surface area (Å²) < 4.78 is 12.3. The van der Waals surface area contributed by atoms with Crippen molar-refractivity contribution in [1.82, 2.24) is 9.88 Å². The van der Waals surface area contributed by atoms with Crippen LogP contribution in [-0.2, 0) is 4.74 Å². The second-order valence-electron chi connectivity index (χ2n) is 8.74. The molecule has 34 heavy (non-hydrogen) atoms. The number of carbonyl (C=O) groups is 1. The summed E-state index contributed by atoms with van der Waals surface area (Å²) in [5, 5.41) is 2.77. The van der Waals surface area contributed by atoms with Gasteiger partial charge in [-0.25, -0.2) is 4.98 Å². The lowest BCUT2D eigenvalue weighted by molar-refractivity contribution is 0.0391. The van der Waals surface area contributed by atoms with Gasteiger partial charge in [-0.15, -0.1) is 0 Å². The summed E-state index contributed by atoms with van der Waals surface area (Å²) >= 11 is 1.58. The minimum Gasteiger partial charge on any atom is -0.496 e. The van der Waals surface area contributed by atoms with Gasteiger partial charge in [0.25, 0.3) is 5.91 Å². The number of amides is 1. The lowest BCUT2D eigenvalue weighted by Crippen LogP contribution is -2.43. The molecule has 0 aliphatic carbocycles. The number of nitrogens with zero attached hydrogens (tertiary/aromatic N) is 3. The molecular formula is C27H29N3O3S. The number of fused-ring (bicyclic) bond motifs is 2. The molecule has 0 radical (unpaired) electrons. The van der Waals surface area contributed by atoms with Crippen LogP contribution in [0.1, 0.15) is 21.5 Å². The number of aryl methyl sites for hydroxylation is 2. The maximum Gasteiger partial charge on any atom is 0.263 e. The first-order valence-corrected chi connectivity index (χ1v) is 12.4. The maximum absolute atomic E-state index is 14.0. The van der Waals surface area contributed by atoms with E-state index in [1.54, 1.807) is 18.4 Å². The van der Waals surface area contributed by atoms with Gasteiger partial charge in [-0.05, 0) is 53.9 Å². The number of methoxy groups -OCH3 is 1. The quantitative estimate of drug-likeness (QED) is 0.390. The lowest BCUT2D eigenvalue weighted by atomic mass is 10.0. The van der Waals surface area contributed by atoms with E-state index in [1.165, 1.54) is 11.1 Å². The van der Waals surface area contributed by atoms with E-state index in [0.717, 1.165) is 59.0 Å². The van der Waals surface area contributed by atoms with Gasteiger partial charge in [-0.3, -0.25) is 14.6 Å². The minimum absolute atomic E-state index is 0.0932. The highest BCUT2D eigenvalue weighted by Gasteiger charge is 2.26. The summed E-state index contributed by atoms with van der Waals surface area (Å²) in [4.78, 5) is 23.1. The first-order valence-electron chi connectivity index (χ1n) is 11.6. The Bertz CT molecular complexity index is 1340. The summed E-state index contributed by atoms with van der Waals surface area (Å²) in [5.74, 6) is 0.484. The van der Waals surface area contributed by atoms with Gasteiger partial charge in [0.1, 0.15) is 5.75 Å². The molecule has 1 aliphatic heterocycles. The molecule has 3 aromatic carbocycles. The standard InChI is InChI=1S/C27H29N3O3S/c1-18-14-19(2)25-23(15-18)28-27(34-25)30(9-8-29-10-12-33-13-11-29)26(31)22-16-20-6-4-5-7-21(20)17-24(22)32-3/h4-7,14-17H,8-13H2,1-3H3. The smallest absolute Gasteiger partial charge is 0.263 e. The number of anilines is 1. The molecule has 0 spiro atoms. The molecule has 4 aromatic rings. The molecule has 0 atom stereocenters. The number of hydrogen-bond donors (Lipinski definition) is 0. The Kier molecular flexibility index (Phi) is 6.50. The Morgan fingerprint density at radius 2 is 1.85 bits per heavy atom. The van der Waals surface area contributed by atoms with Crippen molar-refractivity contribution in [2.75, 3.05) is 51.4 Å². The average Bonchev–Trinajstić information content (AvgIpc) is 3.28. The molecule has 1 saturated heterocycles. The second kappa shape index (κ2) is 9.70. The molecule has 1 amide bonds. The number of rotatable bonds is 6. The third-order valence-corrected chi connectivity index (χ3v) is 7.56. The van der Waals surface area contributed by atoms with Crippen LogP contribution in [0.4, 0.5) is 5.13 Å². The van der Waals surface area contributed by atoms with Crippen molar-refractivity contribution in [2.24, 2.45) is 0 Å². The summed E-state index contributed by atoms with van der Waals surface area (Å²) in [6.07, 6.45) is 0. The Morgan fingerprint density at radius 3 is 2.59 bits per heavy atom. The highest BCUT2D eigenvalue weighted by Crippen LogP contribution is 2.34. The van der Waals surface area contributed by atoms with E-state index in [-0.39, 0.29) is 5.91 Å². The van der Waals surface area contributed by atoms with Gasteiger partial charge < -0.3 is 9.47 Å². The van der Waals surface area contributed by atoms with E-state index < -0.39 is 0 Å². The first-order chi connectivity index (χ1) is 16.5. The number of thiazole rings is 1. The van der Waals surface area contributed by atoms with Crippen molar-refractivity contribution in [1.29, 1.82) is 0 Å². The Balaban J connectivity index is 1.55. The molecule has 2 heterocycles. The number of ether oxygens (including phenoxy) is 2. The van der Waals surface area contributed by atoms with Crippen molar-refractivity contribution in [3.63, 3.8) is 0 Å². The van der Waals surface area contributed by atoms with Gasteiger partial charge in [0.05, 0.1) is 36.1 Å². The zero-order chi connectivity index (χ0) is 23.7. The van der Waals surface area contributed by atoms with Gasteiger partial charge in [0.2, 0.25) is 0 Å². The van der Waals surface area contributed by atoms with Crippen LogP contribution in [0.3, 0.4) is 0 Å². The maximum atomic E-state index is 14.0. The molecule has 1 aliphatic rings. The molecule has 0 bridgehead atoms. The fraction of sp³-hybridized carbons (Fsp3) is 0.333. The normalized spacial score (nSPS) is 14.6. The van der Waals surface area contributed by atoms with Crippen molar-refractivity contribution in [2.45, 2.75) is 13.8 Å². The third kappa shape index (κ3) is 4.51. The summed E-state index contributed by atoms with van der Waals surface area (Å²) in [6.45, 7) is 8.69. The van der Waals surface area contributed by atoms with Crippen molar-refractivity contribution >= 4 is 43.4 Å². The average molecular weight is 476 g/mol. The molecule has 1 aromatic heterocycles. The molecule has 0 unspecified atom stereocenters. The molecule has 176 valence electrons. The Hall–Kier alpha value is -3.00. The SMILES string of the molecule is COc1cc2ccccc2cc1C(=O)N(CCN1CCOCC1)c1nc2cc(C)cc(C)c2s1. The van der Waals surface area contributed by atoms with Gasteiger partial charge in [0.15, 0.2) is 5.13 Å². The first kappa shape index (κ1) is 22.8. The van der Waals surface area contributed by atoms with E-state index in [4.69, 9.17) is 14.5 Å². The fourth-order valence-electron chi connectivity index (χ4n) is 4.53. The van der Waals surface area contributed by atoms with Crippen LogP contribution in [-0.4, -0.2) is 62.3 Å². The predicted molar refractivity (Wildman–Crippen MR) is 139 cm³/mol. The summed E-state index contributed by atoms with van der Waals surface area (Å²) in [5.41, 5.74) is 3.84. The van der Waals surface area contributed by atoms with Crippen LogP contribution in [0.5, 0.6) is 5.75 Å². The Labute approximate surface area is 203 Å². The zero-order valence-electron chi connectivity index (χ0n) is 19.8. The number of aromatic nitrogens is 1. The highest BCUT2D eigenvalue weighted by atomic mass is 32.1. The van der Waals surface area contributed by atoms with Crippen molar-refractivity contribution < 1.29 is 14.3 Å². The topological polar surface area (TPSA) is 54.9 Å². The van der Waals surface area contributed by atoms with Gasteiger partial charge in [-0.2, -0.15) is 0 Å². The van der Waals surface area contributed by atoms with Crippen molar-refractivity contribution in [3.05, 3.63) is 65.2 Å². The Morgan fingerprint density at radius 1 is 1.12 bits per heavy atom. The van der Waals surface area contributed by atoms with Gasteiger partial charge in [0, 0.05) is 26.2 Å². The predicted octanol–water partition coefficient (Wildman–Crippen LogP) is 5.05. The molecule has 6 nitrogen and oxygen atoms in total. The van der Waals surface area contributed by atoms with Crippen LogP contribution < -0.4 is 9.64 Å². The summed E-state index contributed by atoms with van der Waals surface area (Å²) in [6, 6.07) is 16.1. The molecule has 0 saturated carbocycles. The lowest BCUT2D eigenvalue weighted by Gasteiger charge is -2.29. The van der Waals surface area contributed by atoms with E-state index >= 15 is 0 Å². The van der Waals surface area contributed by atoms with E-state index in [0.29, 0.717) is 17.9 Å². The van der Waals surface area contributed by atoms with E-state index in [1.807, 2.05) is 41.3 Å². The van der Waals surface area contributed by atoms with Crippen LogP contribution >= 0.6 is 11.3 Å². The number of hydrogen-bond acceptors (Lipinski definition) is 6. The number of benzene rings is 3. The fourth-order valence-corrected chi connectivity index (χ4v) is 5.57. The van der Waals surface area contributed by atoms with Gasteiger partial charge >= 0.3 is 0 Å². The van der Waals surface area contributed by atoms with Crippen LogP contribution in [0, 0.1) is 13.8 Å². The molecule has 1 fully saturated rings. The third-order valence-electron chi connectivity index (χ3n) is 6.33. The zero-order valence-corrected chi connectivity index (χ0v) is 20.7. The number of carbonyl (C=O) groups excluding carboxylic acids is 1. The van der Waals surface area contributed by atoms with E-state index in [2.05, 4.69) is 30.9 Å². The van der Waals surface area contributed by atoms with E-state index in [9.17, 15) is 4.79 Å². The van der Waals surface area contributed by atoms with Crippen LogP contribution in [0.15, 0.2) is 48.5 Å². The molecule has 7 heteroatoms. The largest absolute Gasteiger partial charge is 0.496 e. The van der Waals surface area contributed by atoms with Crippen LogP contribution in [0.25, 0.3) is 21.0 Å².